The molecule has 1 aromatic rings. The highest BCUT2D eigenvalue weighted by Gasteiger charge is 2.27. The van der Waals surface area contributed by atoms with Gasteiger partial charge in [0.2, 0.25) is 10.0 Å². The third-order valence-corrected chi connectivity index (χ3v) is 4.61. The van der Waals surface area contributed by atoms with Crippen LogP contribution >= 0.6 is 0 Å². The van der Waals surface area contributed by atoms with Crippen molar-refractivity contribution in [2.45, 2.75) is 18.2 Å². The summed E-state index contributed by atoms with van der Waals surface area (Å²) < 4.78 is 31.0. The van der Waals surface area contributed by atoms with Crippen LogP contribution in [0.5, 0.6) is 0 Å². The number of aryl methyl sites for hydroxylation is 1. The highest BCUT2D eigenvalue weighted by Crippen LogP contribution is 2.24. The zero-order valence-electron chi connectivity index (χ0n) is 9.72. The first-order valence-electron chi connectivity index (χ1n) is 5.46. The Kier molecular flexibility index (Phi) is 3.37. The van der Waals surface area contributed by atoms with Crippen molar-refractivity contribution in [3.8, 4) is 0 Å². The van der Waals surface area contributed by atoms with Crippen molar-refractivity contribution < 1.29 is 13.2 Å². The Hall–Kier alpha value is -1.11. The van der Waals surface area contributed by atoms with Gasteiger partial charge in [0.1, 0.15) is 11.6 Å². The third kappa shape index (κ3) is 2.43. The van der Waals surface area contributed by atoms with Crippen molar-refractivity contribution in [1.29, 1.82) is 0 Å². The normalized spacial score (nSPS) is 18.2. The molecular weight excluding hydrogens is 240 g/mol. The second-order valence-corrected chi connectivity index (χ2v) is 6.02. The van der Waals surface area contributed by atoms with E-state index in [1.807, 2.05) is 6.92 Å². The van der Waals surface area contributed by atoms with Crippen LogP contribution in [0.2, 0.25) is 0 Å². The van der Waals surface area contributed by atoms with Gasteiger partial charge in [0.05, 0.1) is 5.69 Å². The van der Waals surface area contributed by atoms with E-state index in [4.69, 9.17) is 10.5 Å². The summed E-state index contributed by atoms with van der Waals surface area (Å²) in [5.74, 6) is 0. The molecule has 5 nitrogen and oxygen atoms in total. The molecule has 1 aliphatic heterocycles. The average Bonchev–Trinajstić information content (AvgIpc) is 2.29. The van der Waals surface area contributed by atoms with Crippen molar-refractivity contribution >= 4 is 15.7 Å². The highest BCUT2D eigenvalue weighted by molar-refractivity contribution is 7.89. The lowest BCUT2D eigenvalue weighted by molar-refractivity contribution is 0.0313. The summed E-state index contributed by atoms with van der Waals surface area (Å²) in [5.41, 5.74) is 7.00. The van der Waals surface area contributed by atoms with E-state index < -0.39 is 10.0 Å². The maximum Gasteiger partial charge on any atom is 0.247 e. The number of rotatable bonds is 2. The van der Waals surface area contributed by atoms with E-state index in [0.29, 0.717) is 19.6 Å². The molecular formula is C11H16N2O3S. The van der Waals surface area contributed by atoms with E-state index >= 15 is 0 Å². The number of nitrogen functional groups attached to an aromatic ring is 1. The molecule has 1 fully saturated rings. The number of nitrogens with two attached hydrogens (primary N) is 1. The Labute approximate surface area is 101 Å². The molecule has 17 heavy (non-hydrogen) atoms. The fourth-order valence-corrected chi connectivity index (χ4v) is 3.26. The molecule has 0 atom stereocenters. The number of benzene rings is 1. The van der Waals surface area contributed by atoms with Gasteiger partial charge >= 0.3 is 0 Å². The first-order chi connectivity index (χ1) is 8.01. The Morgan fingerprint density at radius 1 is 1.41 bits per heavy atom. The van der Waals surface area contributed by atoms with E-state index in [-0.39, 0.29) is 17.3 Å². The molecule has 0 amide bonds. The molecule has 2 N–H and O–H groups in total. The SMILES string of the molecule is Cc1ccc(S(=O)(=O)N2CCCOC2)c(N)c1. The topological polar surface area (TPSA) is 72.6 Å². The van der Waals surface area contributed by atoms with Gasteiger partial charge in [-0.3, -0.25) is 0 Å². The van der Waals surface area contributed by atoms with Gasteiger partial charge in [-0.25, -0.2) is 8.42 Å². The molecule has 1 aliphatic rings. The second-order valence-electron chi connectivity index (χ2n) is 4.11. The Morgan fingerprint density at radius 3 is 2.76 bits per heavy atom. The Balaban J connectivity index is 2.37. The zero-order valence-corrected chi connectivity index (χ0v) is 10.5. The summed E-state index contributed by atoms with van der Waals surface area (Å²) in [7, 11) is -3.53. The fraction of sp³-hybridized carbons (Fsp3) is 0.455. The molecule has 1 saturated heterocycles. The molecule has 0 saturated carbocycles. The van der Waals surface area contributed by atoms with Crippen LogP contribution in [0, 0.1) is 6.92 Å². The van der Waals surface area contributed by atoms with Crippen molar-refractivity contribution in [2.75, 3.05) is 25.6 Å². The maximum atomic E-state index is 12.3. The Morgan fingerprint density at radius 2 is 2.18 bits per heavy atom. The van der Waals surface area contributed by atoms with Gasteiger partial charge in [-0.15, -0.1) is 0 Å². The molecule has 1 aromatic carbocycles. The van der Waals surface area contributed by atoms with Crippen LogP contribution in [0.25, 0.3) is 0 Å². The molecule has 94 valence electrons. The van der Waals surface area contributed by atoms with Crippen LogP contribution in [-0.2, 0) is 14.8 Å². The molecule has 0 aliphatic carbocycles. The standard InChI is InChI=1S/C11H16N2O3S/c1-9-3-4-11(10(12)7-9)17(14,15)13-5-2-6-16-8-13/h3-4,7H,2,5-6,8,12H2,1H3. The maximum absolute atomic E-state index is 12.3. The monoisotopic (exact) mass is 256 g/mol. The molecule has 0 aromatic heterocycles. The van der Waals surface area contributed by atoms with Crippen LogP contribution in [0.1, 0.15) is 12.0 Å². The molecule has 0 radical (unpaired) electrons. The van der Waals surface area contributed by atoms with E-state index in [9.17, 15) is 8.42 Å². The number of sulfonamides is 1. The smallest absolute Gasteiger partial charge is 0.247 e. The van der Waals surface area contributed by atoms with Crippen LogP contribution in [-0.4, -0.2) is 32.6 Å². The lowest BCUT2D eigenvalue weighted by Gasteiger charge is -2.26. The summed E-state index contributed by atoms with van der Waals surface area (Å²) >= 11 is 0. The number of nitrogens with zero attached hydrogens (tertiary/aromatic N) is 1. The van der Waals surface area contributed by atoms with E-state index in [2.05, 4.69) is 0 Å². The minimum atomic E-state index is -3.53. The molecule has 0 spiro atoms. The largest absolute Gasteiger partial charge is 0.398 e. The van der Waals surface area contributed by atoms with Crippen molar-refractivity contribution in [2.24, 2.45) is 0 Å². The van der Waals surface area contributed by atoms with Crippen LogP contribution in [0.3, 0.4) is 0 Å². The van der Waals surface area contributed by atoms with Crippen LogP contribution < -0.4 is 5.73 Å². The van der Waals surface area contributed by atoms with E-state index in [1.54, 1.807) is 18.2 Å². The molecule has 0 unspecified atom stereocenters. The van der Waals surface area contributed by atoms with E-state index in [0.717, 1.165) is 5.56 Å². The minimum absolute atomic E-state index is 0.107. The summed E-state index contributed by atoms with van der Waals surface area (Å²) in [6.45, 7) is 3.07. The predicted molar refractivity (Wildman–Crippen MR) is 64.9 cm³/mol. The number of hydrogen-bond acceptors (Lipinski definition) is 4. The lowest BCUT2D eigenvalue weighted by Crippen LogP contribution is -2.38. The van der Waals surface area contributed by atoms with Gasteiger partial charge in [0.15, 0.2) is 0 Å². The first kappa shape index (κ1) is 12.3. The first-order valence-corrected chi connectivity index (χ1v) is 6.90. The van der Waals surface area contributed by atoms with Crippen LogP contribution in [0.15, 0.2) is 23.1 Å². The fourth-order valence-electron chi connectivity index (χ4n) is 1.81. The lowest BCUT2D eigenvalue weighted by atomic mass is 10.2. The summed E-state index contributed by atoms with van der Waals surface area (Å²) in [6, 6.07) is 4.96. The molecule has 6 heteroatoms. The predicted octanol–water partition coefficient (Wildman–Crippen LogP) is 0.946. The van der Waals surface area contributed by atoms with Gasteiger partial charge in [0.25, 0.3) is 0 Å². The molecule has 1 heterocycles. The van der Waals surface area contributed by atoms with Gasteiger partial charge in [-0.2, -0.15) is 4.31 Å². The summed E-state index contributed by atoms with van der Waals surface area (Å²) in [5, 5.41) is 0. The second kappa shape index (κ2) is 4.64. The summed E-state index contributed by atoms with van der Waals surface area (Å²) in [6.07, 6.45) is 0.713. The number of ether oxygens (including phenoxy) is 1. The third-order valence-electron chi connectivity index (χ3n) is 2.71. The van der Waals surface area contributed by atoms with Gasteiger partial charge in [0, 0.05) is 13.2 Å². The van der Waals surface area contributed by atoms with Gasteiger partial charge in [-0.1, -0.05) is 6.07 Å². The average molecular weight is 256 g/mol. The minimum Gasteiger partial charge on any atom is -0.398 e. The van der Waals surface area contributed by atoms with Crippen LogP contribution in [0.4, 0.5) is 5.69 Å². The van der Waals surface area contributed by atoms with Gasteiger partial charge in [-0.05, 0) is 31.0 Å². The van der Waals surface area contributed by atoms with Gasteiger partial charge < -0.3 is 10.5 Å². The number of anilines is 1. The zero-order chi connectivity index (χ0) is 12.5. The van der Waals surface area contributed by atoms with E-state index in [1.165, 1.54) is 4.31 Å². The van der Waals surface area contributed by atoms with Crippen molar-refractivity contribution in [3.05, 3.63) is 23.8 Å². The molecule has 2 rings (SSSR count). The van der Waals surface area contributed by atoms with Crippen molar-refractivity contribution in [3.63, 3.8) is 0 Å². The summed E-state index contributed by atoms with van der Waals surface area (Å²) in [4.78, 5) is 0.161. The number of hydrogen-bond donors (Lipinski definition) is 1. The Bertz CT molecular complexity index is 507. The van der Waals surface area contributed by atoms with Crippen molar-refractivity contribution in [1.82, 2.24) is 4.31 Å². The quantitative estimate of drug-likeness (QED) is 0.799. The highest BCUT2D eigenvalue weighted by atomic mass is 32.2. The molecule has 0 bridgehead atoms.